The topological polar surface area (TPSA) is 85.2 Å². The van der Waals surface area contributed by atoms with E-state index in [9.17, 15) is 9.90 Å². The van der Waals surface area contributed by atoms with Crippen molar-refractivity contribution in [3.8, 4) is 17.0 Å². The first-order chi connectivity index (χ1) is 12.1. The molecule has 0 spiro atoms. The number of pyridine rings is 1. The highest BCUT2D eigenvalue weighted by Gasteiger charge is 2.21. The molecule has 0 unspecified atom stereocenters. The van der Waals surface area contributed by atoms with E-state index in [1.54, 1.807) is 0 Å². The molecule has 4 aromatic rings. The third kappa shape index (κ3) is 2.49. The third-order valence-electron chi connectivity index (χ3n) is 3.85. The average molecular weight is 351 g/mol. The van der Waals surface area contributed by atoms with Gasteiger partial charge in [0.05, 0.1) is 12.6 Å². The summed E-state index contributed by atoms with van der Waals surface area (Å²) in [6.07, 6.45) is 0. The summed E-state index contributed by atoms with van der Waals surface area (Å²) >= 11 is 1.40. The van der Waals surface area contributed by atoms with E-state index in [-0.39, 0.29) is 11.7 Å². The Kier molecular flexibility index (Phi) is 3.58. The fraction of sp³-hybridized carbons (Fsp3) is 0.111. The van der Waals surface area contributed by atoms with Crippen LogP contribution in [-0.4, -0.2) is 33.1 Å². The van der Waals surface area contributed by atoms with Crippen LogP contribution in [0.3, 0.4) is 0 Å². The lowest BCUT2D eigenvalue weighted by Crippen LogP contribution is -2.05. The predicted octanol–water partition coefficient (Wildman–Crippen LogP) is 3.92. The van der Waals surface area contributed by atoms with Gasteiger partial charge >= 0.3 is 5.97 Å². The van der Waals surface area contributed by atoms with Crippen molar-refractivity contribution < 1.29 is 14.6 Å². The normalized spacial score (nSPS) is 11.1. The highest BCUT2D eigenvalue weighted by Crippen LogP contribution is 2.41. The maximum Gasteiger partial charge on any atom is 0.374 e. The summed E-state index contributed by atoms with van der Waals surface area (Å²) in [5.74, 6) is -1.23. The van der Waals surface area contributed by atoms with Crippen molar-refractivity contribution in [1.82, 2.24) is 15.0 Å². The van der Waals surface area contributed by atoms with Crippen LogP contribution in [0, 0.1) is 6.92 Å². The maximum atomic E-state index is 11.4. The van der Waals surface area contributed by atoms with Crippen LogP contribution in [0.25, 0.3) is 31.6 Å². The molecule has 0 aliphatic heterocycles. The minimum atomic E-state index is -1.19. The van der Waals surface area contributed by atoms with E-state index in [0.717, 1.165) is 27.0 Å². The molecule has 0 fully saturated rings. The molecular formula is C18H13N3O3S. The standard InChI is InChI=1S/C18H13N3O3S/c1-9-8-11(10-6-4-3-5-7-10)12-13-14(25-17(12)19-9)16(24-2)21-15(20-13)18(22)23/h3-8H,1-2H3,(H,22,23). The summed E-state index contributed by atoms with van der Waals surface area (Å²) < 4.78 is 5.98. The van der Waals surface area contributed by atoms with Crippen LogP contribution in [-0.2, 0) is 0 Å². The summed E-state index contributed by atoms with van der Waals surface area (Å²) in [6.45, 7) is 1.93. The first-order valence-corrected chi connectivity index (χ1v) is 8.34. The van der Waals surface area contributed by atoms with Gasteiger partial charge in [0.25, 0.3) is 0 Å². The number of hydrogen-bond donors (Lipinski definition) is 1. The number of methoxy groups -OCH3 is 1. The molecule has 4 rings (SSSR count). The number of nitrogens with zero attached hydrogens (tertiary/aromatic N) is 3. The van der Waals surface area contributed by atoms with Crippen LogP contribution in [0.5, 0.6) is 5.88 Å². The van der Waals surface area contributed by atoms with Gasteiger partial charge in [-0.05, 0) is 24.1 Å². The quantitative estimate of drug-likeness (QED) is 0.602. The maximum absolute atomic E-state index is 11.4. The summed E-state index contributed by atoms with van der Waals surface area (Å²) in [4.78, 5) is 25.0. The van der Waals surface area contributed by atoms with Gasteiger partial charge in [-0.15, -0.1) is 11.3 Å². The van der Waals surface area contributed by atoms with Gasteiger partial charge < -0.3 is 9.84 Å². The van der Waals surface area contributed by atoms with Gasteiger partial charge in [0.2, 0.25) is 11.7 Å². The lowest BCUT2D eigenvalue weighted by atomic mass is 10.0. The molecule has 0 radical (unpaired) electrons. The Balaban J connectivity index is 2.18. The van der Waals surface area contributed by atoms with Gasteiger partial charge in [-0.25, -0.2) is 14.8 Å². The summed E-state index contributed by atoms with van der Waals surface area (Å²) in [5.41, 5.74) is 3.41. The number of benzene rings is 1. The molecule has 0 amide bonds. The SMILES string of the molecule is COc1nc(C(=O)O)nc2c1sc1nc(C)cc(-c3ccccc3)c12. The fourth-order valence-corrected chi connectivity index (χ4v) is 3.97. The number of aromatic carboxylic acids is 1. The Labute approximate surface area is 146 Å². The van der Waals surface area contributed by atoms with Crippen LogP contribution in [0.1, 0.15) is 16.3 Å². The highest BCUT2D eigenvalue weighted by molar-refractivity contribution is 7.25. The fourth-order valence-electron chi connectivity index (χ4n) is 2.81. The first kappa shape index (κ1) is 15.5. The number of hydrogen-bond acceptors (Lipinski definition) is 6. The first-order valence-electron chi connectivity index (χ1n) is 7.53. The molecule has 7 heteroatoms. The largest absolute Gasteiger partial charge is 0.480 e. The van der Waals surface area contributed by atoms with Crippen molar-refractivity contribution in [1.29, 1.82) is 0 Å². The molecule has 1 aromatic carbocycles. The minimum Gasteiger partial charge on any atom is -0.480 e. The number of aryl methyl sites for hydroxylation is 1. The van der Waals surface area contributed by atoms with Crippen molar-refractivity contribution in [3.05, 3.63) is 47.9 Å². The minimum absolute atomic E-state index is 0.252. The Morgan fingerprint density at radius 3 is 2.60 bits per heavy atom. The average Bonchev–Trinajstić information content (AvgIpc) is 2.98. The Morgan fingerprint density at radius 2 is 1.92 bits per heavy atom. The van der Waals surface area contributed by atoms with E-state index in [2.05, 4.69) is 15.0 Å². The van der Waals surface area contributed by atoms with Crippen molar-refractivity contribution in [2.24, 2.45) is 0 Å². The van der Waals surface area contributed by atoms with Gasteiger partial charge in [-0.2, -0.15) is 4.98 Å². The Bertz CT molecular complexity index is 1120. The Morgan fingerprint density at radius 1 is 1.16 bits per heavy atom. The van der Waals surface area contributed by atoms with Gasteiger partial charge in [0.1, 0.15) is 9.53 Å². The second-order valence-corrected chi connectivity index (χ2v) is 6.50. The molecule has 0 saturated heterocycles. The summed E-state index contributed by atoms with van der Waals surface area (Å²) in [7, 11) is 1.47. The molecule has 6 nitrogen and oxygen atoms in total. The van der Waals surface area contributed by atoms with Crippen LogP contribution >= 0.6 is 11.3 Å². The molecule has 3 heterocycles. The number of carboxylic acids is 1. The molecule has 0 atom stereocenters. The highest BCUT2D eigenvalue weighted by atomic mass is 32.1. The smallest absolute Gasteiger partial charge is 0.374 e. The second-order valence-electron chi connectivity index (χ2n) is 5.50. The van der Waals surface area contributed by atoms with E-state index in [1.165, 1.54) is 18.4 Å². The number of fused-ring (bicyclic) bond motifs is 3. The van der Waals surface area contributed by atoms with Crippen LogP contribution in [0.15, 0.2) is 36.4 Å². The molecule has 0 aliphatic carbocycles. The monoisotopic (exact) mass is 351 g/mol. The zero-order chi connectivity index (χ0) is 17.6. The number of rotatable bonds is 3. The van der Waals surface area contributed by atoms with Gasteiger partial charge in [0, 0.05) is 11.1 Å². The predicted molar refractivity (Wildman–Crippen MR) is 96.4 cm³/mol. The molecule has 1 N–H and O–H groups in total. The number of ether oxygens (including phenoxy) is 1. The molecule has 25 heavy (non-hydrogen) atoms. The van der Waals surface area contributed by atoms with Crippen LogP contribution in [0.2, 0.25) is 0 Å². The van der Waals surface area contributed by atoms with Crippen molar-refractivity contribution in [2.75, 3.05) is 7.11 Å². The number of carbonyl (C=O) groups is 1. The second kappa shape index (κ2) is 5.78. The summed E-state index contributed by atoms with van der Waals surface area (Å²) in [6, 6.07) is 11.9. The summed E-state index contributed by atoms with van der Waals surface area (Å²) in [5, 5.41) is 10.1. The molecular weight excluding hydrogens is 338 g/mol. The zero-order valence-corrected chi connectivity index (χ0v) is 14.3. The van der Waals surface area contributed by atoms with Gasteiger partial charge in [-0.3, -0.25) is 0 Å². The number of thiophene rings is 1. The van der Waals surface area contributed by atoms with Crippen LogP contribution in [0.4, 0.5) is 0 Å². The van der Waals surface area contributed by atoms with Gasteiger partial charge in [0.15, 0.2) is 0 Å². The van der Waals surface area contributed by atoms with Gasteiger partial charge in [-0.1, -0.05) is 30.3 Å². The van der Waals surface area contributed by atoms with E-state index in [1.807, 2.05) is 43.3 Å². The molecule has 3 aromatic heterocycles. The van der Waals surface area contributed by atoms with E-state index >= 15 is 0 Å². The Hall–Kier alpha value is -3.06. The van der Waals surface area contributed by atoms with Crippen LogP contribution < -0.4 is 4.74 Å². The van der Waals surface area contributed by atoms with Crippen molar-refractivity contribution in [3.63, 3.8) is 0 Å². The lowest BCUT2D eigenvalue weighted by molar-refractivity contribution is 0.0683. The van der Waals surface area contributed by atoms with Crippen molar-refractivity contribution in [2.45, 2.75) is 6.92 Å². The van der Waals surface area contributed by atoms with Crippen molar-refractivity contribution >= 4 is 37.7 Å². The third-order valence-corrected chi connectivity index (χ3v) is 4.91. The zero-order valence-electron chi connectivity index (χ0n) is 13.5. The van der Waals surface area contributed by atoms with E-state index in [0.29, 0.717) is 10.2 Å². The van der Waals surface area contributed by atoms with E-state index in [4.69, 9.17) is 4.74 Å². The number of carboxylic acid groups (broad SMARTS) is 1. The molecule has 124 valence electrons. The molecule has 0 aliphatic rings. The van der Waals surface area contributed by atoms with E-state index < -0.39 is 5.97 Å². The lowest BCUT2D eigenvalue weighted by Gasteiger charge is -2.06. The molecule has 0 saturated carbocycles. The number of aromatic nitrogens is 3. The molecule has 0 bridgehead atoms.